The van der Waals surface area contributed by atoms with E-state index in [9.17, 15) is 5.11 Å². The molecule has 0 bridgehead atoms. The predicted molar refractivity (Wildman–Crippen MR) is 60.8 cm³/mol. The molecule has 3 N–H and O–H groups in total. The summed E-state index contributed by atoms with van der Waals surface area (Å²) >= 11 is 0. The second-order valence-corrected chi connectivity index (χ2v) is 4.75. The molecule has 1 saturated heterocycles. The molecule has 1 fully saturated rings. The van der Waals surface area contributed by atoms with Crippen molar-refractivity contribution in [3.8, 4) is 0 Å². The summed E-state index contributed by atoms with van der Waals surface area (Å²) in [6.07, 6.45) is 3.44. The molecule has 1 rings (SSSR count). The minimum Gasteiger partial charge on any atom is -0.389 e. The standard InChI is InChI=1S/C11H24N2O2/c1-11(14,9-12)5-7-13-6-3-4-10(8-13)15-2/h10,14H,3-9,12H2,1-2H3. The maximum Gasteiger partial charge on any atom is 0.0753 e. The van der Waals surface area contributed by atoms with Crippen molar-refractivity contribution < 1.29 is 9.84 Å². The SMILES string of the molecule is COC1CCCN(CCC(C)(O)CN)C1. The molecule has 1 heterocycles. The summed E-state index contributed by atoms with van der Waals surface area (Å²) in [4.78, 5) is 2.35. The minimum absolute atomic E-state index is 0.328. The van der Waals surface area contributed by atoms with Crippen LogP contribution in [0, 0.1) is 0 Å². The Morgan fingerprint density at radius 1 is 1.60 bits per heavy atom. The van der Waals surface area contributed by atoms with Gasteiger partial charge in [-0.3, -0.25) is 0 Å². The summed E-state index contributed by atoms with van der Waals surface area (Å²) in [5.41, 5.74) is 4.76. The Kier molecular flexibility index (Phi) is 4.99. The van der Waals surface area contributed by atoms with Gasteiger partial charge in [-0.05, 0) is 32.7 Å². The average molecular weight is 216 g/mol. The summed E-state index contributed by atoms with van der Waals surface area (Å²) in [6.45, 7) is 5.13. The first-order valence-electron chi connectivity index (χ1n) is 5.75. The number of likely N-dealkylation sites (tertiary alicyclic amines) is 1. The zero-order valence-corrected chi connectivity index (χ0v) is 9.91. The van der Waals surface area contributed by atoms with Crippen molar-refractivity contribution in [2.45, 2.75) is 37.9 Å². The second-order valence-electron chi connectivity index (χ2n) is 4.75. The molecular weight excluding hydrogens is 192 g/mol. The number of nitrogens with two attached hydrogens (primary N) is 1. The molecule has 0 spiro atoms. The zero-order valence-electron chi connectivity index (χ0n) is 9.91. The Hall–Kier alpha value is -0.160. The number of hydrogen-bond acceptors (Lipinski definition) is 4. The van der Waals surface area contributed by atoms with Crippen molar-refractivity contribution in [2.24, 2.45) is 5.73 Å². The molecule has 1 aliphatic rings. The first kappa shape index (κ1) is 12.9. The van der Waals surface area contributed by atoms with Gasteiger partial charge in [0.1, 0.15) is 0 Å². The van der Waals surface area contributed by atoms with E-state index in [0.29, 0.717) is 12.6 Å². The van der Waals surface area contributed by atoms with Crippen LogP contribution in [-0.4, -0.2) is 55.0 Å². The number of hydrogen-bond donors (Lipinski definition) is 2. The van der Waals surface area contributed by atoms with Crippen molar-refractivity contribution in [1.29, 1.82) is 0 Å². The average Bonchev–Trinajstić information content (AvgIpc) is 2.27. The Morgan fingerprint density at radius 2 is 2.33 bits per heavy atom. The first-order valence-corrected chi connectivity index (χ1v) is 5.75. The summed E-state index contributed by atoms with van der Waals surface area (Å²) in [5.74, 6) is 0. The van der Waals surface area contributed by atoms with Gasteiger partial charge in [0.15, 0.2) is 0 Å². The van der Waals surface area contributed by atoms with Gasteiger partial charge in [-0.25, -0.2) is 0 Å². The van der Waals surface area contributed by atoms with Crippen molar-refractivity contribution in [3.05, 3.63) is 0 Å². The molecule has 4 heteroatoms. The summed E-state index contributed by atoms with van der Waals surface area (Å²) in [5, 5.41) is 9.79. The van der Waals surface area contributed by atoms with Crippen LogP contribution in [0.5, 0.6) is 0 Å². The van der Waals surface area contributed by atoms with Crippen molar-refractivity contribution in [1.82, 2.24) is 4.90 Å². The van der Waals surface area contributed by atoms with Crippen LogP contribution in [0.4, 0.5) is 0 Å². The molecule has 0 aromatic rings. The minimum atomic E-state index is -0.722. The number of aliphatic hydroxyl groups is 1. The molecule has 2 unspecified atom stereocenters. The van der Waals surface area contributed by atoms with Crippen LogP contribution < -0.4 is 5.73 Å². The molecule has 0 aliphatic carbocycles. The maximum atomic E-state index is 9.79. The molecule has 0 amide bonds. The molecule has 0 aromatic heterocycles. The maximum absolute atomic E-state index is 9.79. The van der Waals surface area contributed by atoms with E-state index in [1.165, 1.54) is 6.42 Å². The number of methoxy groups -OCH3 is 1. The van der Waals surface area contributed by atoms with Crippen molar-refractivity contribution in [2.75, 3.05) is 33.3 Å². The van der Waals surface area contributed by atoms with Gasteiger partial charge in [0.05, 0.1) is 11.7 Å². The molecule has 0 aromatic carbocycles. The molecule has 0 saturated carbocycles. The first-order chi connectivity index (χ1) is 7.07. The number of rotatable bonds is 5. The summed E-state index contributed by atoms with van der Waals surface area (Å²) in [6, 6.07) is 0. The lowest BCUT2D eigenvalue weighted by molar-refractivity contribution is 0.0103. The predicted octanol–water partition coefficient (Wildman–Crippen LogP) is 0.197. The van der Waals surface area contributed by atoms with E-state index in [4.69, 9.17) is 10.5 Å². The van der Waals surface area contributed by atoms with Gasteiger partial charge < -0.3 is 20.5 Å². The van der Waals surface area contributed by atoms with E-state index >= 15 is 0 Å². The van der Waals surface area contributed by atoms with E-state index in [1.807, 2.05) is 0 Å². The number of nitrogens with zero attached hydrogens (tertiary/aromatic N) is 1. The summed E-state index contributed by atoms with van der Waals surface area (Å²) in [7, 11) is 1.77. The lowest BCUT2D eigenvalue weighted by atomic mass is 10.0. The molecule has 90 valence electrons. The number of piperidine rings is 1. The molecular formula is C11H24N2O2. The van der Waals surface area contributed by atoms with Crippen LogP contribution >= 0.6 is 0 Å². The third-order valence-corrected chi connectivity index (χ3v) is 3.20. The van der Waals surface area contributed by atoms with Crippen molar-refractivity contribution in [3.63, 3.8) is 0 Å². The zero-order chi connectivity index (χ0) is 11.3. The Morgan fingerprint density at radius 3 is 2.93 bits per heavy atom. The van der Waals surface area contributed by atoms with Gasteiger partial charge in [-0.1, -0.05) is 0 Å². The van der Waals surface area contributed by atoms with E-state index in [0.717, 1.165) is 32.5 Å². The van der Waals surface area contributed by atoms with E-state index < -0.39 is 5.60 Å². The molecule has 4 nitrogen and oxygen atoms in total. The molecule has 0 radical (unpaired) electrons. The van der Waals surface area contributed by atoms with Gasteiger partial charge in [0, 0.05) is 26.7 Å². The monoisotopic (exact) mass is 216 g/mol. The van der Waals surface area contributed by atoms with Crippen molar-refractivity contribution >= 4 is 0 Å². The van der Waals surface area contributed by atoms with Crippen LogP contribution in [0.3, 0.4) is 0 Å². The molecule has 15 heavy (non-hydrogen) atoms. The van der Waals surface area contributed by atoms with Gasteiger partial charge in [-0.2, -0.15) is 0 Å². The van der Waals surface area contributed by atoms with Gasteiger partial charge >= 0.3 is 0 Å². The van der Waals surface area contributed by atoms with Crippen LogP contribution in [0.15, 0.2) is 0 Å². The van der Waals surface area contributed by atoms with E-state index in [2.05, 4.69) is 4.90 Å². The van der Waals surface area contributed by atoms with Gasteiger partial charge in [0.2, 0.25) is 0 Å². The smallest absolute Gasteiger partial charge is 0.0753 e. The fourth-order valence-corrected chi connectivity index (χ4v) is 1.91. The van der Waals surface area contributed by atoms with Crippen LogP contribution in [0.25, 0.3) is 0 Å². The quantitative estimate of drug-likeness (QED) is 0.689. The van der Waals surface area contributed by atoms with Crippen LogP contribution in [0.2, 0.25) is 0 Å². The highest BCUT2D eigenvalue weighted by Crippen LogP contribution is 2.15. The largest absolute Gasteiger partial charge is 0.389 e. The van der Waals surface area contributed by atoms with Gasteiger partial charge in [-0.15, -0.1) is 0 Å². The molecule has 2 atom stereocenters. The lowest BCUT2D eigenvalue weighted by Gasteiger charge is -2.33. The Balaban J connectivity index is 2.26. The summed E-state index contributed by atoms with van der Waals surface area (Å²) < 4.78 is 5.35. The Labute approximate surface area is 92.4 Å². The van der Waals surface area contributed by atoms with Crippen LogP contribution in [-0.2, 0) is 4.74 Å². The normalized spacial score (nSPS) is 27.6. The highest BCUT2D eigenvalue weighted by molar-refractivity contribution is 4.78. The van der Waals surface area contributed by atoms with E-state index in [-0.39, 0.29) is 0 Å². The number of ether oxygens (including phenoxy) is 1. The molecule has 1 aliphatic heterocycles. The van der Waals surface area contributed by atoms with Crippen LogP contribution in [0.1, 0.15) is 26.2 Å². The van der Waals surface area contributed by atoms with Gasteiger partial charge in [0.25, 0.3) is 0 Å². The fraction of sp³-hybridized carbons (Fsp3) is 1.00. The third kappa shape index (κ3) is 4.47. The van der Waals surface area contributed by atoms with E-state index in [1.54, 1.807) is 14.0 Å². The Bertz CT molecular complexity index is 185. The topological polar surface area (TPSA) is 58.7 Å². The highest BCUT2D eigenvalue weighted by atomic mass is 16.5. The fourth-order valence-electron chi connectivity index (χ4n) is 1.91. The lowest BCUT2D eigenvalue weighted by Crippen LogP contribution is -2.43. The third-order valence-electron chi connectivity index (χ3n) is 3.20. The second kappa shape index (κ2) is 5.80. The highest BCUT2D eigenvalue weighted by Gasteiger charge is 2.23.